The topological polar surface area (TPSA) is 96.0 Å². The van der Waals surface area contributed by atoms with E-state index in [0.29, 0.717) is 0 Å². The molecule has 0 fully saturated rings. The molecule has 29 heavy (non-hydrogen) atoms. The van der Waals surface area contributed by atoms with Crippen molar-refractivity contribution in [2.24, 2.45) is 5.92 Å². The van der Waals surface area contributed by atoms with Crippen LogP contribution in [0.1, 0.15) is 23.0 Å². The average molecular weight is 458 g/mol. The van der Waals surface area contributed by atoms with Gasteiger partial charge in [0.25, 0.3) is 0 Å². The van der Waals surface area contributed by atoms with Gasteiger partial charge in [-0.25, -0.2) is 4.39 Å². The SMILES string of the molecule is COC(=O)[C@@H](C)CC(=O)c1cc2c(F)c(OS(=O)(=O)C(F)(F)F)c(OC)cc2s1. The molecule has 7 nitrogen and oxygen atoms in total. The fourth-order valence-electron chi connectivity index (χ4n) is 2.29. The van der Waals surface area contributed by atoms with Gasteiger partial charge in [-0.3, -0.25) is 9.59 Å². The lowest BCUT2D eigenvalue weighted by molar-refractivity contribution is -0.144. The van der Waals surface area contributed by atoms with Crippen LogP contribution in [0.4, 0.5) is 17.6 Å². The van der Waals surface area contributed by atoms with Gasteiger partial charge in [0.2, 0.25) is 5.75 Å². The Morgan fingerprint density at radius 2 is 1.83 bits per heavy atom. The minimum absolute atomic E-state index is 0.00698. The van der Waals surface area contributed by atoms with Crippen molar-refractivity contribution >= 4 is 43.3 Å². The van der Waals surface area contributed by atoms with E-state index in [-0.39, 0.29) is 21.4 Å². The number of Topliss-reactive ketones (excluding diaryl/α,β-unsaturated/α-hetero) is 1. The van der Waals surface area contributed by atoms with Gasteiger partial charge in [-0.05, 0) is 6.07 Å². The average Bonchev–Trinajstić information content (AvgIpc) is 3.06. The number of halogens is 4. The van der Waals surface area contributed by atoms with Gasteiger partial charge in [0.05, 0.1) is 25.0 Å². The van der Waals surface area contributed by atoms with Crippen molar-refractivity contribution in [1.29, 1.82) is 0 Å². The van der Waals surface area contributed by atoms with Gasteiger partial charge in [-0.2, -0.15) is 21.6 Å². The normalized spacial score (nSPS) is 13.2. The summed E-state index contributed by atoms with van der Waals surface area (Å²) in [6.07, 6.45) is -0.246. The Kier molecular flexibility index (Phi) is 6.42. The first-order valence-electron chi connectivity index (χ1n) is 7.74. The lowest BCUT2D eigenvalue weighted by atomic mass is 10.0. The molecule has 1 aromatic carbocycles. The first-order chi connectivity index (χ1) is 13.3. The molecule has 1 aromatic heterocycles. The van der Waals surface area contributed by atoms with E-state index in [1.165, 1.54) is 6.92 Å². The molecule has 2 rings (SSSR count). The molecule has 0 bridgehead atoms. The highest BCUT2D eigenvalue weighted by atomic mass is 32.2. The van der Waals surface area contributed by atoms with Gasteiger partial charge >= 0.3 is 21.6 Å². The van der Waals surface area contributed by atoms with Crippen LogP contribution >= 0.6 is 11.3 Å². The Morgan fingerprint density at radius 3 is 2.34 bits per heavy atom. The van der Waals surface area contributed by atoms with Gasteiger partial charge in [0.15, 0.2) is 17.3 Å². The van der Waals surface area contributed by atoms with Gasteiger partial charge in [-0.15, -0.1) is 11.3 Å². The van der Waals surface area contributed by atoms with E-state index < -0.39 is 50.6 Å². The maximum atomic E-state index is 14.7. The number of benzene rings is 1. The molecular weight excluding hydrogens is 444 g/mol. The number of ketones is 1. The van der Waals surface area contributed by atoms with Crippen LogP contribution in [0, 0.1) is 11.7 Å². The maximum Gasteiger partial charge on any atom is 0.534 e. The molecule has 0 unspecified atom stereocenters. The summed E-state index contributed by atoms with van der Waals surface area (Å²) < 4.78 is 88.2. The van der Waals surface area contributed by atoms with Crippen LogP contribution in [-0.4, -0.2) is 39.9 Å². The number of ether oxygens (including phenoxy) is 2. The third-order valence-corrected chi connectivity index (χ3v) is 5.83. The molecule has 13 heteroatoms. The smallest absolute Gasteiger partial charge is 0.493 e. The second-order valence-corrected chi connectivity index (χ2v) is 8.40. The van der Waals surface area contributed by atoms with Crippen molar-refractivity contribution in [2.75, 3.05) is 14.2 Å². The highest BCUT2D eigenvalue weighted by Crippen LogP contribution is 2.42. The summed E-state index contributed by atoms with van der Waals surface area (Å²) in [5, 5.41) is -0.336. The van der Waals surface area contributed by atoms with Crippen LogP contribution in [0.2, 0.25) is 0 Å². The first-order valence-corrected chi connectivity index (χ1v) is 9.96. The monoisotopic (exact) mass is 458 g/mol. The van der Waals surface area contributed by atoms with Crippen LogP contribution in [0.25, 0.3) is 10.1 Å². The van der Waals surface area contributed by atoms with Gasteiger partial charge in [-0.1, -0.05) is 6.92 Å². The summed E-state index contributed by atoms with van der Waals surface area (Å²) >= 11 is 0.794. The second-order valence-electron chi connectivity index (χ2n) is 5.78. The van der Waals surface area contributed by atoms with Crippen molar-refractivity contribution < 1.29 is 49.2 Å². The summed E-state index contributed by atoms with van der Waals surface area (Å²) in [7, 11) is -4.02. The molecule has 2 aromatic rings. The minimum atomic E-state index is -6.15. The highest BCUT2D eigenvalue weighted by Gasteiger charge is 2.49. The largest absolute Gasteiger partial charge is 0.534 e. The summed E-state index contributed by atoms with van der Waals surface area (Å²) in [5.41, 5.74) is -5.78. The zero-order valence-electron chi connectivity index (χ0n) is 15.1. The molecule has 0 amide bonds. The van der Waals surface area contributed by atoms with Gasteiger partial charge < -0.3 is 13.7 Å². The summed E-state index contributed by atoms with van der Waals surface area (Å²) in [6.45, 7) is 1.45. The van der Waals surface area contributed by atoms with Crippen molar-refractivity contribution in [1.82, 2.24) is 0 Å². The lowest BCUT2D eigenvalue weighted by Crippen LogP contribution is -2.28. The van der Waals surface area contributed by atoms with E-state index in [4.69, 9.17) is 4.74 Å². The summed E-state index contributed by atoms with van der Waals surface area (Å²) in [6, 6.07) is 2.08. The predicted octanol–water partition coefficient (Wildman–Crippen LogP) is 3.66. The zero-order chi connectivity index (χ0) is 22.1. The van der Waals surface area contributed by atoms with Crippen molar-refractivity contribution in [3.8, 4) is 11.5 Å². The number of esters is 1. The summed E-state index contributed by atoms with van der Waals surface area (Å²) in [5.74, 6) is -5.26. The lowest BCUT2D eigenvalue weighted by Gasteiger charge is -2.13. The second kappa shape index (κ2) is 8.14. The number of fused-ring (bicyclic) bond motifs is 1. The number of methoxy groups -OCH3 is 2. The van der Waals surface area contributed by atoms with Crippen LogP contribution in [0.3, 0.4) is 0 Å². The van der Waals surface area contributed by atoms with E-state index in [2.05, 4.69) is 8.92 Å². The van der Waals surface area contributed by atoms with E-state index in [1.54, 1.807) is 0 Å². The van der Waals surface area contributed by atoms with E-state index in [0.717, 1.165) is 37.7 Å². The molecule has 0 aliphatic rings. The molecule has 1 heterocycles. The Hall–Kier alpha value is -2.41. The Labute approximate surface area is 166 Å². The molecule has 0 saturated carbocycles. The predicted molar refractivity (Wildman–Crippen MR) is 94.1 cm³/mol. The van der Waals surface area contributed by atoms with Crippen LogP contribution in [0.5, 0.6) is 11.5 Å². The molecule has 0 spiro atoms. The first kappa shape index (κ1) is 22.9. The minimum Gasteiger partial charge on any atom is -0.493 e. The van der Waals surface area contributed by atoms with E-state index >= 15 is 0 Å². The van der Waals surface area contributed by atoms with Gasteiger partial charge in [0, 0.05) is 22.6 Å². The standard InChI is InChI=1S/C16H14F4O7S2/c1-7(15(22)26-3)4-9(21)12-5-8-11(28-12)6-10(25-2)14(13(8)17)27-29(23,24)16(18,19)20/h5-7H,4H2,1-3H3/t7-/m0/s1. The number of thiophene rings is 1. The van der Waals surface area contributed by atoms with Crippen LogP contribution in [0.15, 0.2) is 12.1 Å². The Balaban J connectivity index is 2.49. The molecular formula is C16H14F4O7S2. The van der Waals surface area contributed by atoms with Crippen molar-refractivity contribution in [2.45, 2.75) is 18.9 Å². The zero-order valence-corrected chi connectivity index (χ0v) is 16.8. The van der Waals surface area contributed by atoms with Crippen LogP contribution < -0.4 is 8.92 Å². The number of rotatable bonds is 7. The maximum absolute atomic E-state index is 14.7. The third kappa shape index (κ3) is 4.61. The third-order valence-electron chi connectivity index (χ3n) is 3.75. The van der Waals surface area contributed by atoms with E-state index in [1.807, 2.05) is 0 Å². The fourth-order valence-corrected chi connectivity index (χ4v) is 3.79. The quantitative estimate of drug-likeness (QED) is 0.205. The summed E-state index contributed by atoms with van der Waals surface area (Å²) in [4.78, 5) is 23.8. The number of alkyl halides is 3. The molecule has 0 aliphatic heterocycles. The fraction of sp³-hybridized carbons (Fsp3) is 0.375. The molecule has 0 radical (unpaired) electrons. The highest BCUT2D eigenvalue weighted by molar-refractivity contribution is 7.88. The van der Waals surface area contributed by atoms with E-state index in [9.17, 15) is 35.6 Å². The molecule has 0 aliphatic carbocycles. The van der Waals surface area contributed by atoms with Crippen molar-refractivity contribution in [3.63, 3.8) is 0 Å². The molecule has 1 atom stereocenters. The Bertz CT molecular complexity index is 1060. The van der Waals surface area contributed by atoms with Crippen molar-refractivity contribution in [3.05, 3.63) is 22.8 Å². The number of hydrogen-bond acceptors (Lipinski definition) is 8. The van der Waals surface area contributed by atoms with Crippen LogP contribution in [-0.2, 0) is 19.6 Å². The Morgan fingerprint density at radius 1 is 1.21 bits per heavy atom. The number of carbonyl (C=O) groups excluding carboxylic acids is 2. The number of carbonyl (C=O) groups is 2. The molecule has 0 N–H and O–H groups in total. The molecule has 160 valence electrons. The number of hydrogen-bond donors (Lipinski definition) is 0. The van der Waals surface area contributed by atoms with Gasteiger partial charge in [0.1, 0.15) is 0 Å². The molecule has 0 saturated heterocycles.